The standard InChI is InChI=1S/C20H28O7/c1-20-18-14-8-15(26-18)25-17(19(20)24-14)16-13(27-20)3-2-12(23-16)7-11(21)6-10-4-5-22-9-10/h10,12-19H,2-9H2,1H3/t10-,12+,13-,14+,15?,16?,17-,18?,19-,20-/m0/s1. The molecule has 0 saturated carbocycles. The summed E-state index contributed by atoms with van der Waals surface area (Å²) in [5.74, 6) is 0.658. The number of Topliss-reactive ketones (excluding diaryl/α,β-unsaturated/α-hetero) is 1. The van der Waals surface area contributed by atoms with Gasteiger partial charge in [-0.1, -0.05) is 0 Å². The lowest BCUT2D eigenvalue weighted by atomic mass is 9.80. The highest BCUT2D eigenvalue weighted by atomic mass is 16.8. The second-order valence-electron chi connectivity index (χ2n) is 9.23. The van der Waals surface area contributed by atoms with Crippen LogP contribution in [0.4, 0.5) is 0 Å². The second-order valence-corrected chi connectivity index (χ2v) is 9.23. The third kappa shape index (κ3) is 2.66. The average Bonchev–Trinajstić information content (AvgIpc) is 3.27. The molecule has 0 aromatic carbocycles. The van der Waals surface area contributed by atoms with Gasteiger partial charge in [0.05, 0.1) is 18.3 Å². The smallest absolute Gasteiger partial charge is 0.161 e. The molecule has 10 atom stereocenters. The number of fused-ring (bicyclic) bond motifs is 1. The summed E-state index contributed by atoms with van der Waals surface area (Å²) in [4.78, 5) is 12.5. The Morgan fingerprint density at radius 1 is 0.963 bits per heavy atom. The van der Waals surface area contributed by atoms with E-state index in [9.17, 15) is 4.79 Å². The first-order valence-corrected chi connectivity index (χ1v) is 10.5. The van der Waals surface area contributed by atoms with Crippen molar-refractivity contribution in [2.24, 2.45) is 5.92 Å². The van der Waals surface area contributed by atoms with Crippen LogP contribution in [-0.2, 0) is 33.2 Å². The first kappa shape index (κ1) is 17.3. The van der Waals surface area contributed by atoms with Gasteiger partial charge in [0.15, 0.2) is 6.29 Å². The summed E-state index contributed by atoms with van der Waals surface area (Å²) in [6.45, 7) is 3.60. The Balaban J connectivity index is 1.16. The lowest BCUT2D eigenvalue weighted by molar-refractivity contribution is -0.285. The number of ketones is 1. The Hall–Kier alpha value is -0.570. The van der Waals surface area contributed by atoms with E-state index in [1.54, 1.807) is 0 Å². The molecule has 7 aliphatic rings. The molecule has 0 amide bonds. The minimum atomic E-state index is -0.462. The molecular weight excluding hydrogens is 352 g/mol. The van der Waals surface area contributed by atoms with E-state index in [0.717, 1.165) is 32.3 Å². The summed E-state index contributed by atoms with van der Waals surface area (Å²) >= 11 is 0. The van der Waals surface area contributed by atoms with Crippen LogP contribution in [0.3, 0.4) is 0 Å². The van der Waals surface area contributed by atoms with E-state index in [1.165, 1.54) is 0 Å². The fourth-order valence-corrected chi connectivity index (χ4v) is 6.05. The molecule has 0 spiro atoms. The fourth-order valence-electron chi connectivity index (χ4n) is 6.05. The molecule has 150 valence electrons. The van der Waals surface area contributed by atoms with Crippen LogP contribution in [0.2, 0.25) is 0 Å². The van der Waals surface area contributed by atoms with Gasteiger partial charge < -0.3 is 28.4 Å². The maximum atomic E-state index is 12.5. The molecule has 0 aromatic rings. The van der Waals surface area contributed by atoms with Gasteiger partial charge >= 0.3 is 0 Å². The highest BCUT2D eigenvalue weighted by molar-refractivity contribution is 5.79. The second kappa shape index (κ2) is 6.21. The molecule has 27 heavy (non-hydrogen) atoms. The average molecular weight is 380 g/mol. The third-order valence-corrected chi connectivity index (χ3v) is 7.33. The monoisotopic (exact) mass is 380 g/mol. The maximum Gasteiger partial charge on any atom is 0.161 e. The first-order chi connectivity index (χ1) is 13.1. The van der Waals surface area contributed by atoms with Crippen molar-refractivity contribution < 1.29 is 33.2 Å². The van der Waals surface area contributed by atoms with Crippen LogP contribution in [-0.4, -0.2) is 73.6 Å². The Bertz CT molecular complexity index is 619. The van der Waals surface area contributed by atoms with Crippen LogP contribution in [0.25, 0.3) is 0 Å². The van der Waals surface area contributed by atoms with Gasteiger partial charge in [-0.05, 0) is 32.1 Å². The molecule has 7 rings (SSSR count). The van der Waals surface area contributed by atoms with Crippen molar-refractivity contribution >= 4 is 5.78 Å². The summed E-state index contributed by atoms with van der Waals surface area (Å²) in [6, 6.07) is 0. The Labute approximate surface area is 158 Å². The molecule has 7 heteroatoms. The van der Waals surface area contributed by atoms with Crippen molar-refractivity contribution in [2.45, 2.75) is 100 Å². The Morgan fingerprint density at radius 2 is 1.89 bits per heavy atom. The maximum absolute atomic E-state index is 12.5. The minimum absolute atomic E-state index is 0.0175. The topological polar surface area (TPSA) is 72.5 Å². The highest BCUT2D eigenvalue weighted by Gasteiger charge is 2.70. The van der Waals surface area contributed by atoms with Gasteiger partial charge in [-0.2, -0.15) is 0 Å². The molecular formula is C20H28O7. The zero-order valence-electron chi connectivity index (χ0n) is 15.7. The molecule has 0 aromatic heterocycles. The van der Waals surface area contributed by atoms with Crippen LogP contribution >= 0.6 is 0 Å². The van der Waals surface area contributed by atoms with Gasteiger partial charge in [0.25, 0.3) is 0 Å². The van der Waals surface area contributed by atoms with Crippen LogP contribution < -0.4 is 0 Å². The molecule has 0 N–H and O–H groups in total. The zero-order valence-corrected chi connectivity index (χ0v) is 15.7. The summed E-state index contributed by atoms with van der Waals surface area (Å²) in [5.41, 5.74) is -0.462. The number of carbonyl (C=O) groups excluding carboxylic acids is 1. The predicted molar refractivity (Wildman–Crippen MR) is 91.2 cm³/mol. The number of rotatable bonds is 4. The predicted octanol–water partition coefficient (Wildman–Crippen LogP) is 1.36. The molecule has 7 saturated heterocycles. The van der Waals surface area contributed by atoms with Gasteiger partial charge in [0.1, 0.15) is 35.8 Å². The SMILES string of the molecule is C[C@@]12O[C@H]3CC[C@H](CC(=O)C[C@@H]4CCOC4)OC3[C@@H]3OC4C[C@@H](O[C@@H]31)C2O4. The third-order valence-electron chi connectivity index (χ3n) is 7.33. The van der Waals surface area contributed by atoms with Gasteiger partial charge in [-0.25, -0.2) is 0 Å². The van der Waals surface area contributed by atoms with Crippen LogP contribution in [0.5, 0.6) is 0 Å². The normalized spacial score (nSPS) is 55.5. The summed E-state index contributed by atoms with van der Waals surface area (Å²) in [5, 5.41) is 0. The number of ether oxygens (including phenoxy) is 6. The highest BCUT2D eigenvalue weighted by Crippen LogP contribution is 2.54. The Morgan fingerprint density at radius 3 is 2.74 bits per heavy atom. The fraction of sp³-hybridized carbons (Fsp3) is 0.950. The zero-order chi connectivity index (χ0) is 18.2. The number of hydrogen-bond donors (Lipinski definition) is 0. The van der Waals surface area contributed by atoms with Gasteiger partial charge in [0.2, 0.25) is 0 Å². The molecule has 3 unspecified atom stereocenters. The van der Waals surface area contributed by atoms with E-state index in [1.807, 2.05) is 0 Å². The first-order valence-electron chi connectivity index (χ1n) is 10.5. The molecule has 7 heterocycles. The summed E-state index contributed by atoms with van der Waals surface area (Å²) < 4.78 is 36.9. The van der Waals surface area contributed by atoms with Crippen molar-refractivity contribution in [1.29, 1.82) is 0 Å². The van der Waals surface area contributed by atoms with Crippen molar-refractivity contribution in [3.05, 3.63) is 0 Å². The van der Waals surface area contributed by atoms with Gasteiger partial charge in [-0.15, -0.1) is 0 Å². The van der Waals surface area contributed by atoms with Crippen LogP contribution in [0.15, 0.2) is 0 Å². The molecule has 0 radical (unpaired) electrons. The van der Waals surface area contributed by atoms with Crippen molar-refractivity contribution in [3.63, 3.8) is 0 Å². The summed E-state index contributed by atoms with van der Waals surface area (Å²) in [6.07, 6.45) is 3.74. The van der Waals surface area contributed by atoms with Crippen molar-refractivity contribution in [3.8, 4) is 0 Å². The largest absolute Gasteiger partial charge is 0.381 e. The molecule has 7 nitrogen and oxygen atoms in total. The quantitative estimate of drug-likeness (QED) is 0.729. The van der Waals surface area contributed by atoms with E-state index in [2.05, 4.69) is 6.92 Å². The van der Waals surface area contributed by atoms with E-state index < -0.39 is 5.60 Å². The molecule has 6 bridgehead atoms. The number of hydrogen-bond acceptors (Lipinski definition) is 7. The lowest BCUT2D eigenvalue weighted by Crippen LogP contribution is -2.66. The van der Waals surface area contributed by atoms with E-state index in [-0.39, 0.29) is 54.8 Å². The van der Waals surface area contributed by atoms with E-state index >= 15 is 0 Å². The van der Waals surface area contributed by atoms with Crippen molar-refractivity contribution in [1.82, 2.24) is 0 Å². The van der Waals surface area contributed by atoms with Crippen LogP contribution in [0, 0.1) is 5.92 Å². The Kier molecular flexibility index (Phi) is 3.98. The summed E-state index contributed by atoms with van der Waals surface area (Å²) in [7, 11) is 0. The van der Waals surface area contributed by atoms with E-state index in [0.29, 0.717) is 25.4 Å². The van der Waals surface area contributed by atoms with Crippen LogP contribution in [0.1, 0.15) is 45.4 Å². The molecule has 7 fully saturated rings. The van der Waals surface area contributed by atoms with Gasteiger partial charge in [0, 0.05) is 32.5 Å². The molecule has 0 aliphatic carbocycles. The van der Waals surface area contributed by atoms with E-state index in [4.69, 9.17) is 28.4 Å². The van der Waals surface area contributed by atoms with Gasteiger partial charge in [-0.3, -0.25) is 4.79 Å². The van der Waals surface area contributed by atoms with Crippen molar-refractivity contribution in [2.75, 3.05) is 13.2 Å². The minimum Gasteiger partial charge on any atom is -0.381 e. The number of carbonyl (C=O) groups is 1. The molecule has 7 aliphatic heterocycles. The lowest BCUT2D eigenvalue weighted by Gasteiger charge is -2.50.